The third-order valence-corrected chi connectivity index (χ3v) is 6.40. The van der Waals surface area contributed by atoms with Crippen molar-refractivity contribution in [2.75, 3.05) is 21.3 Å². The van der Waals surface area contributed by atoms with Gasteiger partial charge in [0.25, 0.3) is 17.7 Å². The number of rotatable bonds is 8. The molecule has 0 saturated heterocycles. The maximum Gasteiger partial charge on any atom is 0.255 e. The molecule has 0 aliphatic rings. The Morgan fingerprint density at radius 2 is 0.976 bits per heavy atom. The number of benzene rings is 3. The summed E-state index contributed by atoms with van der Waals surface area (Å²) in [6.07, 6.45) is 7.58. The van der Waals surface area contributed by atoms with Crippen LogP contribution in [0.15, 0.2) is 122 Å². The zero-order valence-corrected chi connectivity index (χ0v) is 23.2. The van der Waals surface area contributed by atoms with Crippen LogP contribution < -0.4 is 30.4 Å². The van der Waals surface area contributed by atoms with Gasteiger partial charge in [-0.05, 0) is 72.8 Å². The van der Waals surface area contributed by atoms with Crippen molar-refractivity contribution < 1.29 is 23.5 Å². The van der Waals surface area contributed by atoms with Crippen LogP contribution >= 0.6 is 0 Å². The van der Waals surface area contributed by atoms with Crippen LogP contribution in [0.5, 0.6) is 0 Å². The average molecular weight is 559 g/mol. The lowest BCUT2D eigenvalue weighted by atomic mass is 10.1. The third-order valence-electron chi connectivity index (χ3n) is 6.40. The van der Waals surface area contributed by atoms with Crippen molar-refractivity contribution in [1.82, 2.24) is 0 Å². The summed E-state index contributed by atoms with van der Waals surface area (Å²) in [5, 5.41) is 11.9. The van der Waals surface area contributed by atoms with E-state index in [1.54, 1.807) is 48.5 Å². The SMILES string of the molecule is C[n+]1ccc(Nc2cccc(NC(=O)c3ccc(C(=O)Nc4ccc(C(=O)Nc5ccc[n+](C)c5)cc4)cc3)c2)cc1. The molecule has 3 amide bonds. The van der Waals surface area contributed by atoms with Crippen LogP contribution in [-0.4, -0.2) is 17.7 Å². The van der Waals surface area contributed by atoms with Gasteiger partial charge >= 0.3 is 0 Å². The minimum atomic E-state index is -0.329. The van der Waals surface area contributed by atoms with Gasteiger partial charge < -0.3 is 21.3 Å². The number of hydrogen-bond acceptors (Lipinski definition) is 4. The molecule has 2 aromatic heterocycles. The van der Waals surface area contributed by atoms with Crippen molar-refractivity contribution in [1.29, 1.82) is 0 Å². The van der Waals surface area contributed by atoms with Crippen LogP contribution in [-0.2, 0) is 14.1 Å². The second-order valence-corrected chi connectivity index (χ2v) is 9.73. The number of carbonyl (C=O) groups is 3. The minimum Gasteiger partial charge on any atom is -0.355 e. The smallest absolute Gasteiger partial charge is 0.255 e. The Hall–Kier alpha value is -5.83. The zero-order chi connectivity index (χ0) is 29.5. The highest BCUT2D eigenvalue weighted by atomic mass is 16.2. The lowest BCUT2D eigenvalue weighted by molar-refractivity contribution is -0.671. The Bertz CT molecular complexity index is 1730. The van der Waals surface area contributed by atoms with E-state index in [1.807, 2.05) is 96.5 Å². The molecule has 9 heteroatoms. The normalized spacial score (nSPS) is 10.4. The molecule has 4 N–H and O–H groups in total. The molecular formula is C33H30N6O3+2. The van der Waals surface area contributed by atoms with Gasteiger partial charge in [-0.15, -0.1) is 0 Å². The van der Waals surface area contributed by atoms with E-state index in [0.717, 1.165) is 11.4 Å². The second kappa shape index (κ2) is 12.6. The zero-order valence-electron chi connectivity index (χ0n) is 23.2. The molecule has 0 aliphatic carbocycles. The first-order valence-electron chi connectivity index (χ1n) is 13.2. The number of carbonyl (C=O) groups excluding carboxylic acids is 3. The van der Waals surface area contributed by atoms with E-state index < -0.39 is 0 Å². The van der Waals surface area contributed by atoms with Gasteiger partial charge in [0.1, 0.15) is 19.8 Å². The molecule has 0 aliphatic heterocycles. The molecule has 0 bridgehead atoms. The molecule has 208 valence electrons. The standard InChI is InChI=1S/C33H28N6O3/c1-38-19-16-27(17-20-38)34-28-5-3-6-29(21-28)36-32(41)24-10-8-23(9-11-24)31(40)35-26-14-12-25(13-15-26)33(42)37-30-7-4-18-39(2)22-30/h3-22H,1-2H3,(H2-,35,36,37,40,41,42)/p+2. The van der Waals surface area contributed by atoms with Crippen LogP contribution in [0.25, 0.3) is 0 Å². The molecule has 5 rings (SSSR count). The molecule has 5 aromatic rings. The first-order valence-corrected chi connectivity index (χ1v) is 13.2. The summed E-state index contributed by atoms with van der Waals surface area (Å²) in [7, 11) is 3.83. The van der Waals surface area contributed by atoms with Crippen molar-refractivity contribution in [3.05, 3.63) is 139 Å². The Kier molecular flexibility index (Phi) is 8.29. The number of nitrogens with zero attached hydrogens (tertiary/aromatic N) is 2. The molecule has 0 saturated carbocycles. The summed E-state index contributed by atoms with van der Waals surface area (Å²) in [6, 6.07) is 28.0. The van der Waals surface area contributed by atoms with Crippen LogP contribution in [0.1, 0.15) is 31.1 Å². The van der Waals surface area contributed by atoms with E-state index in [4.69, 9.17) is 0 Å². The topological polar surface area (TPSA) is 107 Å². The number of amides is 3. The van der Waals surface area contributed by atoms with Gasteiger partial charge in [0.2, 0.25) is 0 Å². The molecule has 42 heavy (non-hydrogen) atoms. The van der Waals surface area contributed by atoms with E-state index in [1.165, 1.54) is 0 Å². The van der Waals surface area contributed by atoms with Crippen molar-refractivity contribution in [3.63, 3.8) is 0 Å². The number of pyridine rings is 2. The Balaban J connectivity index is 1.16. The molecule has 3 aromatic carbocycles. The highest BCUT2D eigenvalue weighted by molar-refractivity contribution is 6.08. The van der Waals surface area contributed by atoms with Crippen LogP contribution in [0.4, 0.5) is 28.4 Å². The summed E-state index contributed by atoms with van der Waals surface area (Å²) < 4.78 is 3.79. The second-order valence-electron chi connectivity index (χ2n) is 9.73. The molecule has 0 atom stereocenters. The van der Waals surface area contributed by atoms with E-state index >= 15 is 0 Å². The molecule has 0 unspecified atom stereocenters. The predicted molar refractivity (Wildman–Crippen MR) is 162 cm³/mol. The van der Waals surface area contributed by atoms with E-state index in [-0.39, 0.29) is 17.7 Å². The van der Waals surface area contributed by atoms with E-state index in [2.05, 4.69) is 21.3 Å². The summed E-state index contributed by atoms with van der Waals surface area (Å²) in [4.78, 5) is 38.2. The molecule has 0 spiro atoms. The fraction of sp³-hybridized carbons (Fsp3) is 0.0606. The fourth-order valence-electron chi connectivity index (χ4n) is 4.18. The molecule has 9 nitrogen and oxygen atoms in total. The van der Waals surface area contributed by atoms with Crippen LogP contribution in [0.2, 0.25) is 0 Å². The van der Waals surface area contributed by atoms with Crippen LogP contribution in [0.3, 0.4) is 0 Å². The van der Waals surface area contributed by atoms with Gasteiger partial charge in [0, 0.05) is 52.0 Å². The van der Waals surface area contributed by atoms with Gasteiger partial charge in [-0.3, -0.25) is 14.4 Å². The van der Waals surface area contributed by atoms with Crippen LogP contribution in [0, 0.1) is 0 Å². The molecule has 0 fully saturated rings. The van der Waals surface area contributed by atoms with Gasteiger partial charge in [-0.1, -0.05) is 6.07 Å². The highest BCUT2D eigenvalue weighted by Gasteiger charge is 2.12. The quantitative estimate of drug-likeness (QED) is 0.205. The lowest BCUT2D eigenvalue weighted by Gasteiger charge is -2.10. The van der Waals surface area contributed by atoms with Gasteiger partial charge in [0.15, 0.2) is 24.8 Å². The van der Waals surface area contributed by atoms with E-state index in [9.17, 15) is 14.4 Å². The van der Waals surface area contributed by atoms with Gasteiger partial charge in [-0.2, -0.15) is 0 Å². The van der Waals surface area contributed by atoms with Gasteiger partial charge in [0.05, 0.1) is 5.69 Å². The predicted octanol–water partition coefficient (Wildman–Crippen LogP) is 4.84. The monoisotopic (exact) mass is 558 g/mol. The van der Waals surface area contributed by atoms with E-state index in [0.29, 0.717) is 33.8 Å². The Morgan fingerprint density at radius 1 is 0.476 bits per heavy atom. The van der Waals surface area contributed by atoms with Gasteiger partial charge in [-0.25, -0.2) is 9.13 Å². The summed E-state index contributed by atoms with van der Waals surface area (Å²) in [5.41, 5.74) is 4.92. The molecule has 0 radical (unpaired) electrons. The average Bonchev–Trinajstić information content (AvgIpc) is 2.99. The third kappa shape index (κ3) is 7.22. The highest BCUT2D eigenvalue weighted by Crippen LogP contribution is 2.20. The number of anilines is 5. The summed E-state index contributed by atoms with van der Waals surface area (Å²) >= 11 is 0. The first kappa shape index (κ1) is 27.7. The molecular weight excluding hydrogens is 528 g/mol. The largest absolute Gasteiger partial charge is 0.355 e. The Morgan fingerprint density at radius 3 is 1.57 bits per heavy atom. The van der Waals surface area contributed by atoms with Crippen molar-refractivity contribution in [2.24, 2.45) is 14.1 Å². The Labute approximate surface area is 243 Å². The number of nitrogens with one attached hydrogen (secondary N) is 4. The molecule has 2 heterocycles. The van der Waals surface area contributed by atoms with Crippen molar-refractivity contribution in [2.45, 2.75) is 0 Å². The van der Waals surface area contributed by atoms with Crippen molar-refractivity contribution >= 4 is 46.2 Å². The summed E-state index contributed by atoms with van der Waals surface area (Å²) in [6.45, 7) is 0. The summed E-state index contributed by atoms with van der Waals surface area (Å²) in [5.74, 6) is -0.866. The van der Waals surface area contributed by atoms with Crippen molar-refractivity contribution in [3.8, 4) is 0 Å². The number of aromatic nitrogens is 2. The number of hydrogen-bond donors (Lipinski definition) is 4. The minimum absolute atomic E-state index is 0.249. The maximum absolute atomic E-state index is 12.8. The lowest BCUT2D eigenvalue weighted by Crippen LogP contribution is -2.27. The number of aryl methyl sites for hydroxylation is 2. The first-order chi connectivity index (χ1) is 20.3. The fourth-order valence-corrected chi connectivity index (χ4v) is 4.18. The maximum atomic E-state index is 12.8.